The molecule has 4 aromatic rings. The van der Waals surface area contributed by atoms with Crippen molar-refractivity contribution in [2.24, 2.45) is 20.5 Å². The van der Waals surface area contributed by atoms with Crippen LogP contribution in [0.3, 0.4) is 0 Å². The Morgan fingerprint density at radius 1 is 0.676 bits per heavy atom. The summed E-state index contributed by atoms with van der Waals surface area (Å²) < 4.78 is 33.3. The summed E-state index contributed by atoms with van der Waals surface area (Å²) in [4.78, 5) is -0.353. The third-order valence-electron chi connectivity index (χ3n) is 5.07. The molecule has 0 saturated heterocycles. The fourth-order valence-corrected chi connectivity index (χ4v) is 4.03. The molecule has 8 nitrogen and oxygen atoms in total. The van der Waals surface area contributed by atoms with E-state index in [9.17, 15) is 18.1 Å². The van der Waals surface area contributed by atoms with Crippen molar-refractivity contribution in [2.45, 2.75) is 18.7 Å². The van der Waals surface area contributed by atoms with Gasteiger partial charge in [0.25, 0.3) is 10.1 Å². The molecule has 0 amide bonds. The molecule has 0 fully saturated rings. The van der Waals surface area contributed by atoms with Gasteiger partial charge in [0.1, 0.15) is 10.6 Å². The van der Waals surface area contributed by atoms with Crippen LogP contribution in [0.5, 0.6) is 5.75 Å². The fourth-order valence-electron chi connectivity index (χ4n) is 3.31. The Morgan fingerprint density at radius 2 is 1.26 bits per heavy atom. The maximum absolute atomic E-state index is 11.8. The zero-order chi connectivity index (χ0) is 23.6. The summed E-state index contributed by atoms with van der Waals surface area (Å²) in [7, 11) is -4.53. The molecular formula is C24H20N4NaO4S+. The van der Waals surface area contributed by atoms with Crippen LogP contribution in [0.25, 0.3) is 10.8 Å². The number of hydrogen-bond donors (Lipinski definition) is 2. The number of phenolic OH excluding ortho intramolecular Hbond substituents is 1. The van der Waals surface area contributed by atoms with E-state index in [2.05, 4.69) is 20.5 Å². The molecular weight excluding hydrogens is 463 g/mol. The molecule has 4 rings (SSSR count). The molecule has 0 heterocycles. The molecule has 10 heteroatoms. The first-order valence-corrected chi connectivity index (χ1v) is 11.4. The zero-order valence-corrected chi connectivity index (χ0v) is 21.7. The van der Waals surface area contributed by atoms with Gasteiger partial charge in [0.2, 0.25) is 0 Å². The summed E-state index contributed by atoms with van der Waals surface area (Å²) >= 11 is 0. The Morgan fingerprint density at radius 3 is 1.94 bits per heavy atom. The van der Waals surface area contributed by atoms with E-state index in [1.54, 1.807) is 30.3 Å². The number of benzene rings is 4. The van der Waals surface area contributed by atoms with Crippen LogP contribution in [0.15, 0.2) is 98.1 Å². The number of phenols is 1. The van der Waals surface area contributed by atoms with Crippen LogP contribution in [0, 0.1) is 13.8 Å². The molecule has 0 atom stereocenters. The van der Waals surface area contributed by atoms with E-state index in [0.717, 1.165) is 22.9 Å². The average molecular weight is 484 g/mol. The summed E-state index contributed by atoms with van der Waals surface area (Å²) in [5.41, 5.74) is 3.62. The Kier molecular flexibility index (Phi) is 7.96. The van der Waals surface area contributed by atoms with Gasteiger partial charge in [0.05, 0.1) is 17.1 Å². The fraction of sp³-hybridized carbons (Fsp3) is 0.0833. The number of nitrogens with zero attached hydrogens (tertiary/aromatic N) is 4. The van der Waals surface area contributed by atoms with Crippen molar-refractivity contribution in [2.75, 3.05) is 0 Å². The topological polar surface area (TPSA) is 124 Å². The minimum absolute atomic E-state index is 0. The van der Waals surface area contributed by atoms with Crippen LogP contribution in [0.1, 0.15) is 11.1 Å². The molecule has 0 saturated carbocycles. The normalized spacial score (nSPS) is 11.9. The minimum Gasteiger partial charge on any atom is -0.505 e. The summed E-state index contributed by atoms with van der Waals surface area (Å²) in [5.74, 6) is -0.233. The van der Waals surface area contributed by atoms with Gasteiger partial charge >= 0.3 is 29.6 Å². The minimum atomic E-state index is -4.53. The van der Waals surface area contributed by atoms with E-state index in [4.69, 9.17) is 0 Å². The van der Waals surface area contributed by atoms with Crippen molar-refractivity contribution in [3.8, 4) is 5.75 Å². The molecule has 0 spiro atoms. The van der Waals surface area contributed by atoms with Crippen molar-refractivity contribution >= 4 is 43.6 Å². The Balaban J connectivity index is 0.00000324. The van der Waals surface area contributed by atoms with Gasteiger partial charge in [-0.25, -0.2) is 0 Å². The average Bonchev–Trinajstić information content (AvgIpc) is 2.78. The zero-order valence-electron chi connectivity index (χ0n) is 18.8. The Hall–Kier alpha value is -2.95. The molecule has 0 unspecified atom stereocenters. The molecule has 2 N–H and O–H groups in total. The molecule has 0 aromatic heterocycles. The molecule has 0 aliphatic rings. The van der Waals surface area contributed by atoms with Gasteiger partial charge in [-0.3, -0.25) is 4.55 Å². The number of hydrogen-bond acceptors (Lipinski definition) is 7. The predicted octanol–water partition coefficient (Wildman–Crippen LogP) is 4.24. The summed E-state index contributed by atoms with van der Waals surface area (Å²) in [6, 6.07) is 20.3. The van der Waals surface area contributed by atoms with E-state index < -0.39 is 10.1 Å². The summed E-state index contributed by atoms with van der Waals surface area (Å²) in [6.07, 6.45) is 0. The van der Waals surface area contributed by atoms with Gasteiger partial charge in [-0.15, -0.1) is 5.11 Å². The Bertz CT molecular complexity index is 1540. The monoisotopic (exact) mass is 483 g/mol. The van der Waals surface area contributed by atoms with E-state index in [-0.39, 0.29) is 56.7 Å². The van der Waals surface area contributed by atoms with Gasteiger partial charge < -0.3 is 5.11 Å². The van der Waals surface area contributed by atoms with Crippen molar-refractivity contribution < 1.29 is 47.6 Å². The van der Waals surface area contributed by atoms with Crippen LogP contribution in [-0.2, 0) is 10.1 Å². The van der Waals surface area contributed by atoms with Crippen LogP contribution in [0.4, 0.5) is 22.7 Å². The van der Waals surface area contributed by atoms with Crippen molar-refractivity contribution in [3.63, 3.8) is 0 Å². The van der Waals surface area contributed by atoms with Crippen molar-refractivity contribution in [1.82, 2.24) is 0 Å². The SMILES string of the molecule is Cc1ccccc1N=Nc1ccc(N=Nc2cc(S(=O)(=O)O)c3ccccc3c2O)c(C)c1.[Na+]. The number of rotatable bonds is 5. The van der Waals surface area contributed by atoms with Crippen LogP contribution in [0.2, 0.25) is 0 Å². The van der Waals surface area contributed by atoms with Crippen LogP contribution in [-0.4, -0.2) is 18.1 Å². The molecule has 0 aliphatic carbocycles. The summed E-state index contributed by atoms with van der Waals surface area (Å²) in [5, 5.41) is 27.7. The van der Waals surface area contributed by atoms with E-state index >= 15 is 0 Å². The molecule has 0 radical (unpaired) electrons. The van der Waals surface area contributed by atoms with E-state index in [1.165, 1.54) is 12.1 Å². The first-order chi connectivity index (χ1) is 15.7. The largest absolute Gasteiger partial charge is 1.00 e. The molecule has 0 aliphatic heterocycles. The van der Waals surface area contributed by atoms with Gasteiger partial charge in [-0.05, 0) is 55.3 Å². The van der Waals surface area contributed by atoms with Crippen LogP contribution < -0.4 is 29.6 Å². The maximum Gasteiger partial charge on any atom is 1.00 e. The first-order valence-electron chi connectivity index (χ1n) is 9.96. The number of fused-ring (bicyclic) bond motifs is 1. The smallest absolute Gasteiger partial charge is 0.505 e. The molecule has 34 heavy (non-hydrogen) atoms. The number of aromatic hydroxyl groups is 1. The second-order valence-corrected chi connectivity index (χ2v) is 8.81. The molecule has 166 valence electrons. The third-order valence-corrected chi connectivity index (χ3v) is 5.96. The molecule has 4 aromatic carbocycles. The van der Waals surface area contributed by atoms with Crippen molar-refractivity contribution in [1.29, 1.82) is 0 Å². The quantitative estimate of drug-likeness (QED) is 0.250. The maximum atomic E-state index is 11.8. The standard InChI is InChI=1S/C24H20N4O4S.Na/c1-15-7-3-6-10-20(15)26-25-17-11-12-21(16(2)13-17)27-28-22-14-23(33(30,31)32)18-8-4-5-9-19(18)24(22)29;/h3-14,29H,1-2H3,(H,30,31,32);/q;+1. The van der Waals surface area contributed by atoms with E-state index in [1.807, 2.05) is 38.1 Å². The van der Waals surface area contributed by atoms with Crippen LogP contribution >= 0.6 is 0 Å². The Labute approximate surface area is 219 Å². The first kappa shape index (κ1) is 25.7. The third kappa shape index (κ3) is 5.57. The van der Waals surface area contributed by atoms with Gasteiger partial charge in [0.15, 0.2) is 5.75 Å². The number of aryl methyl sites for hydroxylation is 2. The van der Waals surface area contributed by atoms with E-state index in [0.29, 0.717) is 11.4 Å². The van der Waals surface area contributed by atoms with Gasteiger partial charge in [-0.1, -0.05) is 42.5 Å². The number of azo groups is 2. The van der Waals surface area contributed by atoms with Gasteiger partial charge in [-0.2, -0.15) is 23.8 Å². The second-order valence-electron chi connectivity index (χ2n) is 7.42. The second kappa shape index (κ2) is 10.5. The van der Waals surface area contributed by atoms with Crippen molar-refractivity contribution in [3.05, 3.63) is 83.9 Å². The van der Waals surface area contributed by atoms with Gasteiger partial charge in [0, 0.05) is 10.8 Å². The molecule has 0 bridgehead atoms. The predicted molar refractivity (Wildman–Crippen MR) is 126 cm³/mol. The summed E-state index contributed by atoms with van der Waals surface area (Å²) in [6.45, 7) is 3.78.